The third-order valence-corrected chi connectivity index (χ3v) is 3.62. The molecule has 2 unspecified atom stereocenters. The molecule has 2 heterocycles. The Kier molecular flexibility index (Phi) is 3.73. The van der Waals surface area contributed by atoms with Gasteiger partial charge in [-0.1, -0.05) is 0 Å². The van der Waals surface area contributed by atoms with E-state index in [1.54, 1.807) is 36.2 Å². The largest absolute Gasteiger partial charge is 0.481 e. The molecule has 19 heavy (non-hydrogen) atoms. The highest BCUT2D eigenvalue weighted by molar-refractivity contribution is 5.78. The number of amides is 2. The van der Waals surface area contributed by atoms with Crippen molar-refractivity contribution in [3.05, 3.63) is 18.0 Å². The van der Waals surface area contributed by atoms with Crippen molar-refractivity contribution in [2.24, 2.45) is 5.92 Å². The van der Waals surface area contributed by atoms with Gasteiger partial charge >= 0.3 is 12.0 Å². The van der Waals surface area contributed by atoms with E-state index >= 15 is 0 Å². The number of carbonyl (C=O) groups excluding carboxylic acids is 1. The highest BCUT2D eigenvalue weighted by Crippen LogP contribution is 2.25. The monoisotopic (exact) mass is 266 g/mol. The Morgan fingerprint density at radius 2 is 2.37 bits per heavy atom. The summed E-state index contributed by atoms with van der Waals surface area (Å²) in [5.74, 6) is -1.30. The van der Waals surface area contributed by atoms with Gasteiger partial charge in [0.25, 0.3) is 0 Å². The molecular weight excluding hydrogens is 248 g/mol. The summed E-state index contributed by atoms with van der Waals surface area (Å²) < 4.78 is 0. The number of aromatic nitrogens is 2. The van der Waals surface area contributed by atoms with Gasteiger partial charge in [-0.05, 0) is 13.3 Å². The topological polar surface area (TPSA) is 89.5 Å². The fraction of sp³-hybridized carbons (Fsp3) is 0.583. The van der Waals surface area contributed by atoms with Crippen molar-refractivity contribution < 1.29 is 14.7 Å². The van der Waals surface area contributed by atoms with Crippen LogP contribution in [-0.2, 0) is 11.3 Å². The summed E-state index contributed by atoms with van der Waals surface area (Å²) in [6.07, 6.45) is 3.91. The lowest BCUT2D eigenvalue weighted by Crippen LogP contribution is -2.44. The third-order valence-electron chi connectivity index (χ3n) is 3.62. The highest BCUT2D eigenvalue weighted by atomic mass is 16.4. The highest BCUT2D eigenvalue weighted by Gasteiger charge is 2.39. The molecule has 2 N–H and O–H groups in total. The molecule has 7 nitrogen and oxygen atoms in total. The molecule has 1 aliphatic rings. The van der Waals surface area contributed by atoms with Crippen LogP contribution in [0.5, 0.6) is 0 Å². The second-order valence-electron chi connectivity index (χ2n) is 4.91. The van der Waals surface area contributed by atoms with E-state index in [1.165, 1.54) is 0 Å². The summed E-state index contributed by atoms with van der Waals surface area (Å²) in [5.41, 5.74) is 0.914. The third kappa shape index (κ3) is 2.69. The van der Waals surface area contributed by atoms with Gasteiger partial charge in [-0.2, -0.15) is 5.10 Å². The van der Waals surface area contributed by atoms with Crippen molar-refractivity contribution >= 4 is 12.0 Å². The van der Waals surface area contributed by atoms with Gasteiger partial charge < -0.3 is 14.9 Å². The number of urea groups is 1. The van der Waals surface area contributed by atoms with E-state index in [-0.39, 0.29) is 12.1 Å². The molecule has 2 amide bonds. The lowest BCUT2D eigenvalue weighted by Gasteiger charge is -2.28. The maximum absolute atomic E-state index is 12.3. The van der Waals surface area contributed by atoms with E-state index < -0.39 is 11.9 Å². The molecule has 0 aliphatic carbocycles. The van der Waals surface area contributed by atoms with Gasteiger partial charge in [0.2, 0.25) is 0 Å². The normalized spacial score (nSPS) is 22.5. The molecule has 1 aliphatic heterocycles. The number of aliphatic carboxylic acids is 1. The summed E-state index contributed by atoms with van der Waals surface area (Å²) in [6.45, 7) is 2.73. The van der Waals surface area contributed by atoms with Gasteiger partial charge in [0, 0.05) is 31.4 Å². The number of hydrogen-bond acceptors (Lipinski definition) is 3. The molecule has 0 radical (unpaired) electrons. The zero-order valence-electron chi connectivity index (χ0n) is 11.0. The Morgan fingerprint density at radius 3 is 2.89 bits per heavy atom. The summed E-state index contributed by atoms with van der Waals surface area (Å²) >= 11 is 0. The Labute approximate surface area is 111 Å². The molecule has 0 saturated carbocycles. The fourth-order valence-electron chi connectivity index (χ4n) is 2.46. The Balaban J connectivity index is 1.98. The van der Waals surface area contributed by atoms with Crippen LogP contribution in [0.15, 0.2) is 12.4 Å². The molecule has 0 aromatic carbocycles. The Hall–Kier alpha value is -2.05. The van der Waals surface area contributed by atoms with Gasteiger partial charge in [-0.15, -0.1) is 0 Å². The molecular formula is C12H18N4O3. The number of nitrogens with one attached hydrogen (secondary N) is 1. The van der Waals surface area contributed by atoms with Gasteiger partial charge in [0.15, 0.2) is 0 Å². The number of carboxylic acids is 1. The Morgan fingerprint density at radius 1 is 1.63 bits per heavy atom. The summed E-state index contributed by atoms with van der Waals surface area (Å²) in [4.78, 5) is 26.5. The summed E-state index contributed by atoms with van der Waals surface area (Å²) in [5, 5.41) is 15.6. The van der Waals surface area contributed by atoms with E-state index in [2.05, 4.69) is 10.2 Å². The van der Waals surface area contributed by atoms with E-state index in [4.69, 9.17) is 5.11 Å². The minimum absolute atomic E-state index is 0.141. The molecule has 0 bridgehead atoms. The maximum atomic E-state index is 12.3. The van der Waals surface area contributed by atoms with Crippen molar-refractivity contribution in [3.63, 3.8) is 0 Å². The lowest BCUT2D eigenvalue weighted by molar-refractivity contribution is -0.142. The van der Waals surface area contributed by atoms with Crippen LogP contribution in [0.3, 0.4) is 0 Å². The van der Waals surface area contributed by atoms with Crippen LogP contribution >= 0.6 is 0 Å². The first-order valence-corrected chi connectivity index (χ1v) is 6.23. The van der Waals surface area contributed by atoms with E-state index in [9.17, 15) is 9.59 Å². The number of carbonyl (C=O) groups is 2. The number of likely N-dealkylation sites (tertiary alicyclic amines) is 1. The maximum Gasteiger partial charge on any atom is 0.320 e. The van der Waals surface area contributed by atoms with Crippen LogP contribution in [0.1, 0.15) is 18.9 Å². The smallest absolute Gasteiger partial charge is 0.320 e. The molecule has 2 atom stereocenters. The van der Waals surface area contributed by atoms with E-state index in [0.29, 0.717) is 19.5 Å². The Bertz CT molecular complexity index is 460. The predicted molar refractivity (Wildman–Crippen MR) is 67.4 cm³/mol. The van der Waals surface area contributed by atoms with Crippen molar-refractivity contribution in [1.82, 2.24) is 20.0 Å². The molecule has 1 aromatic rings. The van der Waals surface area contributed by atoms with E-state index in [0.717, 1.165) is 5.56 Å². The van der Waals surface area contributed by atoms with Gasteiger partial charge in [-0.3, -0.25) is 9.89 Å². The quantitative estimate of drug-likeness (QED) is 0.845. The summed E-state index contributed by atoms with van der Waals surface area (Å²) in [6, 6.07) is -0.408. The molecule has 1 fully saturated rings. The summed E-state index contributed by atoms with van der Waals surface area (Å²) in [7, 11) is 1.70. The average molecular weight is 266 g/mol. The average Bonchev–Trinajstić information content (AvgIpc) is 2.97. The van der Waals surface area contributed by atoms with Gasteiger partial charge in [-0.25, -0.2) is 4.79 Å². The molecule has 2 rings (SSSR count). The molecule has 7 heteroatoms. The first kappa shape index (κ1) is 13.4. The van der Waals surface area contributed by atoms with Crippen molar-refractivity contribution in [2.45, 2.75) is 25.9 Å². The van der Waals surface area contributed by atoms with Crippen LogP contribution in [0, 0.1) is 5.92 Å². The molecule has 1 aromatic heterocycles. The first-order chi connectivity index (χ1) is 9.00. The molecule has 0 spiro atoms. The second-order valence-corrected chi connectivity index (χ2v) is 4.91. The van der Waals surface area contributed by atoms with Crippen molar-refractivity contribution in [3.8, 4) is 0 Å². The van der Waals surface area contributed by atoms with Crippen LogP contribution in [0.25, 0.3) is 0 Å². The van der Waals surface area contributed by atoms with Crippen LogP contribution in [0.2, 0.25) is 0 Å². The SMILES string of the molecule is CC1C(C(=O)O)CCN1C(=O)N(C)Cc1cn[nH]c1. The zero-order valence-corrected chi connectivity index (χ0v) is 11.0. The number of aromatic amines is 1. The van der Waals surface area contributed by atoms with E-state index in [1.807, 2.05) is 0 Å². The number of nitrogens with zero attached hydrogens (tertiary/aromatic N) is 3. The van der Waals surface area contributed by atoms with Crippen LogP contribution in [-0.4, -0.2) is 56.7 Å². The molecule has 1 saturated heterocycles. The van der Waals surface area contributed by atoms with Crippen molar-refractivity contribution in [1.29, 1.82) is 0 Å². The van der Waals surface area contributed by atoms with Crippen LogP contribution in [0.4, 0.5) is 4.79 Å². The minimum Gasteiger partial charge on any atom is -0.481 e. The number of carboxylic acid groups (broad SMARTS) is 1. The lowest BCUT2D eigenvalue weighted by atomic mass is 10.0. The standard InChI is InChI=1S/C12H18N4O3/c1-8-10(11(17)18)3-4-16(8)12(19)15(2)7-9-5-13-14-6-9/h5-6,8,10H,3-4,7H2,1-2H3,(H,13,14)(H,17,18). The van der Waals surface area contributed by atoms with Gasteiger partial charge in [0.05, 0.1) is 18.7 Å². The van der Waals surface area contributed by atoms with Crippen molar-refractivity contribution in [2.75, 3.05) is 13.6 Å². The number of H-pyrrole nitrogens is 1. The fourth-order valence-corrected chi connectivity index (χ4v) is 2.46. The van der Waals surface area contributed by atoms with Crippen LogP contribution < -0.4 is 0 Å². The molecule has 104 valence electrons. The number of hydrogen-bond donors (Lipinski definition) is 2. The minimum atomic E-state index is -0.833. The van der Waals surface area contributed by atoms with Gasteiger partial charge in [0.1, 0.15) is 0 Å². The second kappa shape index (κ2) is 5.29. The predicted octanol–water partition coefficient (Wildman–Crippen LogP) is 0.756. The first-order valence-electron chi connectivity index (χ1n) is 6.23. The number of rotatable bonds is 3. The zero-order chi connectivity index (χ0) is 14.0.